The molecule has 1 fully saturated rings. The Bertz CT molecular complexity index is 631. The normalized spacial score (nSPS) is 16.9. The van der Waals surface area contributed by atoms with Crippen molar-refractivity contribution in [2.75, 3.05) is 5.73 Å². The zero-order valence-corrected chi connectivity index (χ0v) is 13.3. The third kappa shape index (κ3) is 3.04. The molecule has 1 saturated carbocycles. The summed E-state index contributed by atoms with van der Waals surface area (Å²) < 4.78 is 5.27. The third-order valence-electron chi connectivity index (χ3n) is 4.19. The zero-order chi connectivity index (χ0) is 14.8. The molecule has 0 radical (unpaired) electrons. The van der Waals surface area contributed by atoms with Crippen LogP contribution >= 0.6 is 23.2 Å². The molecule has 1 aromatic carbocycles. The molecular formula is C16H18Cl2N2O. The predicted molar refractivity (Wildman–Crippen MR) is 86.8 cm³/mol. The van der Waals surface area contributed by atoms with E-state index >= 15 is 0 Å². The summed E-state index contributed by atoms with van der Waals surface area (Å²) in [5.41, 5.74) is 8.63. The summed E-state index contributed by atoms with van der Waals surface area (Å²) in [5.74, 6) is 0.730. The van der Waals surface area contributed by atoms with E-state index in [0.717, 1.165) is 29.7 Å². The maximum Gasteiger partial charge on any atom is 0.230 e. The first-order valence-electron chi connectivity index (χ1n) is 7.37. The van der Waals surface area contributed by atoms with E-state index in [0.29, 0.717) is 21.8 Å². The van der Waals surface area contributed by atoms with Gasteiger partial charge < -0.3 is 10.3 Å². The van der Waals surface area contributed by atoms with E-state index in [9.17, 15) is 0 Å². The van der Waals surface area contributed by atoms with Gasteiger partial charge in [0.25, 0.3) is 0 Å². The van der Waals surface area contributed by atoms with E-state index in [1.165, 1.54) is 25.7 Å². The summed E-state index contributed by atoms with van der Waals surface area (Å²) in [5, 5.41) is 5.41. The van der Waals surface area contributed by atoms with Crippen LogP contribution in [0.2, 0.25) is 10.0 Å². The van der Waals surface area contributed by atoms with Crippen molar-refractivity contribution in [1.29, 1.82) is 0 Å². The standard InChI is InChI=1S/C16H18Cl2N2O/c17-11-7-8-12(13(18)9-11)14-15(20-21-16(14)19)10-5-3-1-2-4-6-10/h7-10H,1-6,19H2. The van der Waals surface area contributed by atoms with Gasteiger partial charge in [-0.25, -0.2) is 0 Å². The number of nitrogens with zero attached hydrogens (tertiary/aromatic N) is 1. The molecule has 0 saturated heterocycles. The van der Waals surface area contributed by atoms with Crippen molar-refractivity contribution in [3.8, 4) is 11.1 Å². The van der Waals surface area contributed by atoms with Crippen molar-refractivity contribution in [2.45, 2.75) is 44.4 Å². The third-order valence-corrected chi connectivity index (χ3v) is 4.74. The minimum atomic E-state index is 0.332. The van der Waals surface area contributed by atoms with Crippen molar-refractivity contribution in [1.82, 2.24) is 5.16 Å². The maximum atomic E-state index is 6.33. The Labute approximate surface area is 134 Å². The molecule has 1 aromatic heterocycles. The van der Waals surface area contributed by atoms with Crippen LogP contribution in [0.1, 0.15) is 50.1 Å². The molecule has 0 aliphatic heterocycles. The fourth-order valence-corrected chi connectivity index (χ4v) is 3.61. The summed E-state index contributed by atoms with van der Waals surface area (Å²) in [6.07, 6.45) is 7.30. The molecule has 0 unspecified atom stereocenters. The molecule has 3 rings (SSSR count). The number of rotatable bonds is 2. The summed E-state index contributed by atoms with van der Waals surface area (Å²) in [7, 11) is 0. The van der Waals surface area contributed by atoms with E-state index in [2.05, 4.69) is 5.16 Å². The van der Waals surface area contributed by atoms with Gasteiger partial charge in [0, 0.05) is 16.5 Å². The van der Waals surface area contributed by atoms with Gasteiger partial charge in [-0.3, -0.25) is 0 Å². The minimum absolute atomic E-state index is 0.332. The number of benzene rings is 1. The van der Waals surface area contributed by atoms with Gasteiger partial charge in [-0.2, -0.15) is 0 Å². The van der Waals surface area contributed by atoms with Crippen molar-refractivity contribution < 1.29 is 4.52 Å². The number of hydrogen-bond acceptors (Lipinski definition) is 3. The highest BCUT2D eigenvalue weighted by atomic mass is 35.5. The summed E-state index contributed by atoms with van der Waals surface area (Å²) in [4.78, 5) is 0. The quantitative estimate of drug-likeness (QED) is 0.724. The second-order valence-electron chi connectivity index (χ2n) is 5.62. The molecule has 1 aliphatic rings. The van der Waals surface area contributed by atoms with Gasteiger partial charge in [0.05, 0.1) is 16.3 Å². The second-order valence-corrected chi connectivity index (χ2v) is 6.46. The van der Waals surface area contributed by atoms with Crippen molar-refractivity contribution in [2.24, 2.45) is 0 Å². The van der Waals surface area contributed by atoms with Gasteiger partial charge >= 0.3 is 0 Å². The first kappa shape index (κ1) is 14.7. The fraction of sp³-hybridized carbons (Fsp3) is 0.438. The van der Waals surface area contributed by atoms with Crippen molar-refractivity contribution in [3.05, 3.63) is 33.9 Å². The van der Waals surface area contributed by atoms with Crippen molar-refractivity contribution in [3.63, 3.8) is 0 Å². The Morgan fingerprint density at radius 1 is 1.10 bits per heavy atom. The Kier molecular flexibility index (Phi) is 4.41. The average molecular weight is 325 g/mol. The maximum absolute atomic E-state index is 6.33. The van der Waals surface area contributed by atoms with Gasteiger partial charge in [-0.15, -0.1) is 0 Å². The van der Waals surface area contributed by atoms with Crippen LogP contribution in [0.5, 0.6) is 0 Å². The number of nitrogens with two attached hydrogens (primary N) is 1. The smallest absolute Gasteiger partial charge is 0.230 e. The lowest BCUT2D eigenvalue weighted by molar-refractivity contribution is 0.413. The molecule has 0 amide bonds. The first-order valence-corrected chi connectivity index (χ1v) is 8.13. The highest BCUT2D eigenvalue weighted by Gasteiger charge is 2.25. The number of aromatic nitrogens is 1. The van der Waals surface area contributed by atoms with E-state index < -0.39 is 0 Å². The molecule has 5 heteroatoms. The molecule has 3 nitrogen and oxygen atoms in total. The lowest BCUT2D eigenvalue weighted by Crippen LogP contribution is -2.00. The van der Waals surface area contributed by atoms with Crippen LogP contribution in [0.3, 0.4) is 0 Å². The number of nitrogen functional groups attached to an aromatic ring is 1. The monoisotopic (exact) mass is 324 g/mol. The Morgan fingerprint density at radius 2 is 1.81 bits per heavy atom. The molecular weight excluding hydrogens is 307 g/mol. The summed E-state index contributed by atoms with van der Waals surface area (Å²) >= 11 is 12.3. The van der Waals surface area contributed by atoms with Crippen LogP contribution in [-0.4, -0.2) is 5.16 Å². The van der Waals surface area contributed by atoms with Crippen LogP contribution < -0.4 is 5.73 Å². The Balaban J connectivity index is 2.03. The lowest BCUT2D eigenvalue weighted by atomic mass is 9.91. The molecule has 21 heavy (non-hydrogen) atoms. The largest absolute Gasteiger partial charge is 0.367 e. The van der Waals surface area contributed by atoms with Crippen LogP contribution in [0, 0.1) is 0 Å². The molecule has 1 aliphatic carbocycles. The molecule has 112 valence electrons. The first-order chi connectivity index (χ1) is 10.2. The zero-order valence-electron chi connectivity index (χ0n) is 11.7. The number of hydrogen-bond donors (Lipinski definition) is 1. The molecule has 0 bridgehead atoms. The van der Waals surface area contributed by atoms with Gasteiger partial charge in [-0.05, 0) is 25.0 Å². The SMILES string of the molecule is Nc1onc(C2CCCCCC2)c1-c1ccc(Cl)cc1Cl. The minimum Gasteiger partial charge on any atom is -0.367 e. The summed E-state index contributed by atoms with van der Waals surface area (Å²) in [6.45, 7) is 0. The second kappa shape index (κ2) is 6.29. The van der Waals surface area contributed by atoms with Crippen molar-refractivity contribution >= 4 is 29.1 Å². The van der Waals surface area contributed by atoms with E-state index in [4.69, 9.17) is 33.5 Å². The average Bonchev–Trinajstić information content (AvgIpc) is 2.67. The van der Waals surface area contributed by atoms with Crippen LogP contribution in [-0.2, 0) is 0 Å². The molecule has 2 N–H and O–H groups in total. The van der Waals surface area contributed by atoms with Gasteiger partial charge in [0.2, 0.25) is 5.88 Å². The van der Waals surface area contributed by atoms with E-state index in [-0.39, 0.29) is 0 Å². The van der Waals surface area contributed by atoms with Crippen LogP contribution in [0.15, 0.2) is 22.7 Å². The summed E-state index contributed by atoms with van der Waals surface area (Å²) in [6, 6.07) is 5.42. The van der Waals surface area contributed by atoms with Gasteiger partial charge in [0.15, 0.2) is 0 Å². The Morgan fingerprint density at radius 3 is 2.48 bits per heavy atom. The Hall–Kier alpha value is -1.19. The topological polar surface area (TPSA) is 52.0 Å². The highest BCUT2D eigenvalue weighted by molar-refractivity contribution is 6.36. The predicted octanol–water partition coefficient (Wildman–Crippen LogP) is 5.67. The lowest BCUT2D eigenvalue weighted by Gasteiger charge is -2.13. The number of halogens is 2. The van der Waals surface area contributed by atoms with Gasteiger partial charge in [0.1, 0.15) is 0 Å². The number of anilines is 1. The molecule has 0 atom stereocenters. The molecule has 2 aromatic rings. The van der Waals surface area contributed by atoms with Gasteiger partial charge in [-0.1, -0.05) is 60.1 Å². The highest BCUT2D eigenvalue weighted by Crippen LogP contribution is 2.42. The van der Waals surface area contributed by atoms with E-state index in [1.807, 2.05) is 12.1 Å². The fourth-order valence-electron chi connectivity index (χ4n) is 3.11. The van der Waals surface area contributed by atoms with Crippen LogP contribution in [0.4, 0.5) is 5.88 Å². The van der Waals surface area contributed by atoms with E-state index in [1.54, 1.807) is 6.07 Å². The van der Waals surface area contributed by atoms with Crippen LogP contribution in [0.25, 0.3) is 11.1 Å². The molecule has 1 heterocycles. The molecule has 0 spiro atoms.